The molecule has 0 radical (unpaired) electrons. The van der Waals surface area contributed by atoms with Crippen LogP contribution in [0.2, 0.25) is 0 Å². The summed E-state index contributed by atoms with van der Waals surface area (Å²) in [4.78, 5) is 34.3. The number of ether oxygens (including phenoxy) is 1. The van der Waals surface area contributed by atoms with Gasteiger partial charge in [0.05, 0.1) is 41.9 Å². The number of rotatable bonds is 11. The number of carbonyl (C=O) groups is 2. The number of nitrogens with zero attached hydrogens (tertiary/aromatic N) is 4. The van der Waals surface area contributed by atoms with Gasteiger partial charge in [0, 0.05) is 30.6 Å². The Morgan fingerprint density at radius 3 is 2.52 bits per heavy atom. The van der Waals surface area contributed by atoms with Gasteiger partial charge in [-0.05, 0) is 42.8 Å². The highest BCUT2D eigenvalue weighted by Crippen LogP contribution is 2.31. The number of aryl methyl sites for hydroxylation is 1. The van der Waals surface area contributed by atoms with Crippen molar-refractivity contribution in [3.05, 3.63) is 95.9 Å². The van der Waals surface area contributed by atoms with Crippen LogP contribution in [0, 0.1) is 5.41 Å². The Balaban J connectivity index is 1.53. The van der Waals surface area contributed by atoms with Crippen molar-refractivity contribution < 1.29 is 22.7 Å². The number of esters is 1. The molecule has 0 aliphatic heterocycles. The normalized spacial score (nSPS) is 11.5. The molecular formula is C31H31N7O5S. The van der Waals surface area contributed by atoms with Gasteiger partial charge >= 0.3 is 5.97 Å². The number of nitrogen functional groups attached to an aromatic ring is 1. The minimum absolute atomic E-state index is 0.0174. The molecular weight excluding hydrogens is 582 g/mol. The van der Waals surface area contributed by atoms with Crippen LogP contribution in [0.15, 0.2) is 83.9 Å². The van der Waals surface area contributed by atoms with Crippen LogP contribution >= 0.6 is 0 Å². The van der Waals surface area contributed by atoms with Crippen molar-refractivity contribution in [3.63, 3.8) is 0 Å². The van der Waals surface area contributed by atoms with Crippen molar-refractivity contribution in [2.24, 2.45) is 12.8 Å². The van der Waals surface area contributed by atoms with Crippen LogP contribution < -0.4 is 15.4 Å². The molecule has 12 nitrogen and oxygen atoms in total. The molecule has 1 amide bonds. The molecule has 13 heteroatoms. The molecule has 5 rings (SSSR count). The Morgan fingerprint density at radius 1 is 1.05 bits per heavy atom. The number of nitrogens with one attached hydrogen (secondary N) is 2. The minimum Gasteiger partial charge on any atom is -0.465 e. The number of imidazole rings is 1. The summed E-state index contributed by atoms with van der Waals surface area (Å²) >= 11 is 0. The lowest BCUT2D eigenvalue weighted by Crippen LogP contribution is -2.43. The number of amidine groups is 1. The number of benzene rings is 3. The molecule has 0 spiro atoms. The summed E-state index contributed by atoms with van der Waals surface area (Å²) in [6.45, 7) is 1.13. The number of hydrogen-bond acceptors (Lipinski definition) is 9. The first-order valence-electron chi connectivity index (χ1n) is 13.8. The van der Waals surface area contributed by atoms with Crippen molar-refractivity contribution in [1.82, 2.24) is 19.9 Å². The summed E-state index contributed by atoms with van der Waals surface area (Å²) in [6, 6.07) is 20.3. The average molecular weight is 614 g/mol. The fourth-order valence-electron chi connectivity index (χ4n) is 4.86. The van der Waals surface area contributed by atoms with Gasteiger partial charge in [-0.15, -0.1) is 0 Å². The number of carbonyl (C=O) groups excluding carboxylic acids is 2. The Kier molecular flexibility index (Phi) is 8.69. The Labute approximate surface area is 254 Å². The van der Waals surface area contributed by atoms with Crippen LogP contribution in [0.3, 0.4) is 0 Å². The van der Waals surface area contributed by atoms with Gasteiger partial charge in [0.2, 0.25) is 0 Å². The van der Waals surface area contributed by atoms with E-state index >= 15 is 0 Å². The van der Waals surface area contributed by atoms with Gasteiger partial charge in [-0.25, -0.2) is 17.7 Å². The van der Waals surface area contributed by atoms with Gasteiger partial charge in [0.15, 0.2) is 0 Å². The van der Waals surface area contributed by atoms with E-state index in [-0.39, 0.29) is 35.1 Å². The number of anilines is 1. The van der Waals surface area contributed by atoms with E-state index in [1.54, 1.807) is 61.5 Å². The third-order valence-corrected chi connectivity index (χ3v) is 8.79. The van der Waals surface area contributed by atoms with E-state index in [1.165, 1.54) is 12.3 Å². The largest absolute Gasteiger partial charge is 0.465 e. The molecule has 4 N–H and O–H groups in total. The second-order valence-corrected chi connectivity index (χ2v) is 11.7. The quantitative estimate of drug-likeness (QED) is 0.115. The number of para-hydroxylation sites is 1. The first-order valence-corrected chi connectivity index (χ1v) is 15.2. The number of aromatic nitrogens is 3. The van der Waals surface area contributed by atoms with Crippen LogP contribution in [-0.4, -0.2) is 60.4 Å². The fourth-order valence-corrected chi connectivity index (χ4v) is 6.45. The highest BCUT2D eigenvalue weighted by molar-refractivity contribution is 7.93. The van der Waals surface area contributed by atoms with Crippen LogP contribution in [0.1, 0.15) is 23.9 Å². The standard InChI is InChI=1S/C31H31N7O5S/c1-3-43-29(40)19-34-18-28(39)38(44(41,42)26-8-4-6-21-7-5-15-35-30(21)26)23-13-14-25-24(17-23)36-27(37(25)2)16-20-9-11-22(12-10-20)31(32)33/h4-15,17,34H,3,16,18-19H2,1-2H3,(H3,32,33). The average Bonchev–Trinajstić information content (AvgIpc) is 3.31. The maximum atomic E-state index is 14.2. The molecule has 0 fully saturated rings. The summed E-state index contributed by atoms with van der Waals surface area (Å²) in [7, 11) is -2.61. The minimum atomic E-state index is -4.47. The van der Waals surface area contributed by atoms with E-state index in [0.29, 0.717) is 28.7 Å². The summed E-state index contributed by atoms with van der Waals surface area (Å²) in [5.74, 6) is -0.673. The van der Waals surface area contributed by atoms with Crippen molar-refractivity contribution >= 4 is 55.4 Å². The van der Waals surface area contributed by atoms with E-state index in [1.807, 2.05) is 23.7 Å². The molecule has 44 heavy (non-hydrogen) atoms. The van der Waals surface area contributed by atoms with Gasteiger partial charge < -0.3 is 15.0 Å². The maximum absolute atomic E-state index is 14.2. The van der Waals surface area contributed by atoms with Crippen LogP contribution in [-0.2, 0) is 37.8 Å². The second kappa shape index (κ2) is 12.6. The highest BCUT2D eigenvalue weighted by atomic mass is 32.2. The lowest BCUT2D eigenvalue weighted by atomic mass is 10.1. The van der Waals surface area contributed by atoms with Gasteiger partial charge in [0.1, 0.15) is 16.6 Å². The zero-order valence-corrected chi connectivity index (χ0v) is 25.0. The Morgan fingerprint density at radius 2 is 1.80 bits per heavy atom. The smallest absolute Gasteiger partial charge is 0.319 e. The number of hydrogen-bond donors (Lipinski definition) is 3. The molecule has 0 aliphatic rings. The van der Waals surface area contributed by atoms with Crippen molar-refractivity contribution in [1.29, 1.82) is 5.41 Å². The van der Waals surface area contributed by atoms with Crippen molar-refractivity contribution in [2.45, 2.75) is 18.2 Å². The number of sulfonamides is 1. The first-order chi connectivity index (χ1) is 21.1. The molecule has 226 valence electrons. The van der Waals surface area contributed by atoms with E-state index in [9.17, 15) is 18.0 Å². The number of amides is 1. The molecule has 2 heterocycles. The number of pyridine rings is 1. The molecule has 0 unspecified atom stereocenters. The van der Waals surface area contributed by atoms with Gasteiger partial charge in [0.25, 0.3) is 15.9 Å². The molecule has 0 bridgehead atoms. The summed E-state index contributed by atoms with van der Waals surface area (Å²) < 4.78 is 35.9. The van der Waals surface area contributed by atoms with Crippen LogP contribution in [0.4, 0.5) is 5.69 Å². The third kappa shape index (κ3) is 6.14. The topological polar surface area (TPSA) is 173 Å². The fraction of sp³-hybridized carbons (Fsp3) is 0.194. The summed E-state index contributed by atoms with van der Waals surface area (Å²) in [5.41, 5.74) is 8.67. The Hall–Kier alpha value is -5.14. The number of fused-ring (bicyclic) bond motifs is 2. The molecule has 0 saturated heterocycles. The van der Waals surface area contributed by atoms with E-state index in [4.69, 9.17) is 20.9 Å². The van der Waals surface area contributed by atoms with Gasteiger partial charge in [-0.1, -0.05) is 42.5 Å². The molecule has 3 aromatic carbocycles. The van der Waals surface area contributed by atoms with E-state index < -0.39 is 28.4 Å². The molecule has 5 aromatic rings. The predicted molar refractivity (Wildman–Crippen MR) is 167 cm³/mol. The van der Waals surface area contributed by atoms with Crippen LogP contribution in [0.25, 0.3) is 21.9 Å². The van der Waals surface area contributed by atoms with Gasteiger partial charge in [-0.3, -0.25) is 25.3 Å². The van der Waals surface area contributed by atoms with Crippen LogP contribution in [0.5, 0.6) is 0 Å². The summed E-state index contributed by atoms with van der Waals surface area (Å²) in [6.07, 6.45) is 1.96. The monoisotopic (exact) mass is 613 g/mol. The van der Waals surface area contributed by atoms with E-state index in [0.717, 1.165) is 15.4 Å². The zero-order chi connectivity index (χ0) is 31.4. The summed E-state index contributed by atoms with van der Waals surface area (Å²) in [5, 5.41) is 10.9. The maximum Gasteiger partial charge on any atom is 0.319 e. The van der Waals surface area contributed by atoms with E-state index in [2.05, 4.69) is 10.3 Å². The second-order valence-electron chi connectivity index (χ2n) is 9.95. The molecule has 0 atom stereocenters. The molecule has 2 aromatic heterocycles. The Bertz CT molecular complexity index is 1980. The molecule has 0 aliphatic carbocycles. The highest BCUT2D eigenvalue weighted by Gasteiger charge is 2.33. The zero-order valence-electron chi connectivity index (χ0n) is 24.1. The van der Waals surface area contributed by atoms with Crippen molar-refractivity contribution in [2.75, 3.05) is 24.0 Å². The number of nitrogens with two attached hydrogens (primary N) is 1. The van der Waals surface area contributed by atoms with Crippen molar-refractivity contribution in [3.8, 4) is 0 Å². The molecule has 0 saturated carbocycles. The first kappa shape index (κ1) is 30.3. The third-order valence-electron chi connectivity index (χ3n) is 7.01. The lowest BCUT2D eigenvalue weighted by Gasteiger charge is -2.23. The predicted octanol–water partition coefficient (Wildman–Crippen LogP) is 2.87. The van der Waals surface area contributed by atoms with Gasteiger partial charge in [-0.2, -0.15) is 0 Å². The SMILES string of the molecule is CCOC(=O)CNCC(=O)N(c1ccc2c(c1)nc(Cc1ccc(C(=N)N)cc1)n2C)S(=O)(=O)c1cccc2cccnc12. The lowest BCUT2D eigenvalue weighted by molar-refractivity contribution is -0.141.